The third-order valence-electron chi connectivity index (χ3n) is 3.97. The molecule has 3 heterocycles. The van der Waals surface area contributed by atoms with Crippen molar-refractivity contribution in [3.05, 3.63) is 16.8 Å². The summed E-state index contributed by atoms with van der Waals surface area (Å²) < 4.78 is 5.98. The second-order valence-corrected chi connectivity index (χ2v) is 6.58. The zero-order valence-corrected chi connectivity index (χ0v) is 13.1. The Bertz CT molecular complexity index is 617. The van der Waals surface area contributed by atoms with Gasteiger partial charge in [-0.3, -0.25) is 0 Å². The van der Waals surface area contributed by atoms with Crippen molar-refractivity contribution >= 4 is 27.4 Å². The number of nitrogens with zero attached hydrogens (tertiary/aromatic N) is 2. The van der Waals surface area contributed by atoms with E-state index in [9.17, 15) is 0 Å². The molecule has 1 unspecified atom stereocenters. The Morgan fingerprint density at radius 2 is 2.25 bits per heavy atom. The minimum atomic E-state index is -0.339. The predicted molar refractivity (Wildman–Crippen MR) is 83.5 cm³/mol. The lowest BCUT2D eigenvalue weighted by Gasteiger charge is -2.32. The molecular weight excluding hydrogens is 270 g/mol. The second kappa shape index (κ2) is 5.30. The molecule has 20 heavy (non-hydrogen) atoms. The molecular formula is C15H21N3OS. The van der Waals surface area contributed by atoms with Crippen LogP contribution >= 0.6 is 11.3 Å². The maximum absolute atomic E-state index is 5.98. The first-order valence-electron chi connectivity index (χ1n) is 7.29. The first-order valence-corrected chi connectivity index (χ1v) is 8.10. The van der Waals surface area contributed by atoms with Crippen LogP contribution in [0.5, 0.6) is 0 Å². The molecule has 1 aliphatic heterocycles. The Hall–Kier alpha value is -1.20. The average Bonchev–Trinajstić information content (AvgIpc) is 2.90. The van der Waals surface area contributed by atoms with Crippen molar-refractivity contribution in [3.8, 4) is 0 Å². The maximum atomic E-state index is 5.98. The molecule has 5 heteroatoms. The maximum Gasteiger partial charge on any atom is 0.163 e. The molecule has 0 spiro atoms. The van der Waals surface area contributed by atoms with Gasteiger partial charge in [0.15, 0.2) is 5.82 Å². The van der Waals surface area contributed by atoms with Gasteiger partial charge in [-0.2, -0.15) is 0 Å². The lowest BCUT2D eigenvalue weighted by molar-refractivity contribution is -0.0757. The van der Waals surface area contributed by atoms with Gasteiger partial charge < -0.3 is 10.1 Å². The summed E-state index contributed by atoms with van der Waals surface area (Å²) in [5.74, 6) is 1.73. The molecule has 1 atom stereocenters. The van der Waals surface area contributed by atoms with Gasteiger partial charge in [-0.25, -0.2) is 9.97 Å². The number of hydrogen-bond donors (Lipinski definition) is 1. The van der Waals surface area contributed by atoms with Crippen LogP contribution in [-0.4, -0.2) is 23.6 Å². The molecule has 1 fully saturated rings. The highest BCUT2D eigenvalue weighted by atomic mass is 32.1. The van der Waals surface area contributed by atoms with Crippen molar-refractivity contribution in [2.45, 2.75) is 45.1 Å². The number of rotatable bonds is 3. The molecule has 3 rings (SSSR count). The standard InChI is InChI=1S/C15H21N3OS/c1-4-10-9-11-12(16-3)17-14(18-13(11)20-10)15(2)7-5-6-8-19-15/h9H,4-8H2,1-3H3,(H,16,17,18). The molecule has 0 aromatic carbocycles. The smallest absolute Gasteiger partial charge is 0.163 e. The van der Waals surface area contributed by atoms with Crippen molar-refractivity contribution in [1.29, 1.82) is 0 Å². The quantitative estimate of drug-likeness (QED) is 0.936. The number of nitrogens with one attached hydrogen (secondary N) is 1. The van der Waals surface area contributed by atoms with E-state index in [1.54, 1.807) is 11.3 Å². The number of anilines is 1. The van der Waals surface area contributed by atoms with Crippen LogP contribution in [0, 0.1) is 0 Å². The van der Waals surface area contributed by atoms with Gasteiger partial charge in [-0.15, -0.1) is 11.3 Å². The summed E-state index contributed by atoms with van der Waals surface area (Å²) in [6.45, 7) is 5.09. The first-order chi connectivity index (χ1) is 9.66. The van der Waals surface area contributed by atoms with Gasteiger partial charge in [0.2, 0.25) is 0 Å². The minimum absolute atomic E-state index is 0.339. The molecule has 108 valence electrons. The van der Waals surface area contributed by atoms with Crippen molar-refractivity contribution < 1.29 is 4.74 Å². The third-order valence-corrected chi connectivity index (χ3v) is 5.14. The van der Waals surface area contributed by atoms with Crippen LogP contribution in [0.25, 0.3) is 10.2 Å². The lowest BCUT2D eigenvalue weighted by atomic mass is 9.95. The highest BCUT2D eigenvalue weighted by Crippen LogP contribution is 2.36. The number of aryl methyl sites for hydroxylation is 1. The summed E-state index contributed by atoms with van der Waals surface area (Å²) in [6, 6.07) is 2.19. The molecule has 0 amide bonds. The van der Waals surface area contributed by atoms with Crippen LogP contribution < -0.4 is 5.32 Å². The van der Waals surface area contributed by atoms with Crippen molar-refractivity contribution in [2.75, 3.05) is 19.0 Å². The van der Waals surface area contributed by atoms with Crippen LogP contribution in [0.2, 0.25) is 0 Å². The fourth-order valence-corrected chi connectivity index (χ4v) is 3.65. The first kappa shape index (κ1) is 13.8. The number of thiophene rings is 1. The highest BCUT2D eigenvalue weighted by molar-refractivity contribution is 7.18. The lowest BCUT2D eigenvalue weighted by Crippen LogP contribution is -2.32. The fourth-order valence-electron chi connectivity index (χ4n) is 2.68. The van der Waals surface area contributed by atoms with Crippen LogP contribution in [-0.2, 0) is 16.8 Å². The van der Waals surface area contributed by atoms with Crippen molar-refractivity contribution in [2.24, 2.45) is 0 Å². The summed E-state index contributed by atoms with van der Waals surface area (Å²) in [5, 5.41) is 4.33. The Kier molecular flexibility index (Phi) is 3.65. The molecule has 0 aliphatic carbocycles. The van der Waals surface area contributed by atoms with E-state index in [-0.39, 0.29) is 5.60 Å². The molecule has 0 radical (unpaired) electrons. The molecule has 0 bridgehead atoms. The zero-order chi connectivity index (χ0) is 14.2. The normalized spacial score (nSPS) is 23.1. The monoisotopic (exact) mass is 291 g/mol. The van der Waals surface area contributed by atoms with E-state index < -0.39 is 0 Å². The highest BCUT2D eigenvalue weighted by Gasteiger charge is 2.33. The van der Waals surface area contributed by atoms with E-state index in [2.05, 4.69) is 25.2 Å². The topological polar surface area (TPSA) is 47.0 Å². The van der Waals surface area contributed by atoms with Crippen molar-refractivity contribution in [3.63, 3.8) is 0 Å². The Labute approximate surface area is 123 Å². The van der Waals surface area contributed by atoms with Gasteiger partial charge in [0.05, 0.1) is 5.39 Å². The molecule has 2 aromatic rings. The third kappa shape index (κ3) is 2.29. The van der Waals surface area contributed by atoms with Gasteiger partial charge in [0, 0.05) is 18.5 Å². The number of aromatic nitrogens is 2. The summed E-state index contributed by atoms with van der Waals surface area (Å²) in [4.78, 5) is 11.9. The fraction of sp³-hybridized carbons (Fsp3) is 0.600. The van der Waals surface area contributed by atoms with Crippen LogP contribution in [0.1, 0.15) is 43.8 Å². The van der Waals surface area contributed by atoms with Crippen LogP contribution in [0.3, 0.4) is 0 Å². The Morgan fingerprint density at radius 3 is 2.90 bits per heavy atom. The second-order valence-electron chi connectivity index (χ2n) is 5.47. The largest absolute Gasteiger partial charge is 0.372 e. The van der Waals surface area contributed by atoms with Gasteiger partial charge in [0.25, 0.3) is 0 Å². The molecule has 0 saturated carbocycles. The SMILES string of the molecule is CCc1cc2c(NC)nc(C3(C)CCCCO3)nc2s1. The average molecular weight is 291 g/mol. The van der Waals surface area contributed by atoms with Gasteiger partial charge in [0.1, 0.15) is 16.2 Å². The van der Waals surface area contributed by atoms with E-state index in [4.69, 9.17) is 14.7 Å². The summed E-state index contributed by atoms with van der Waals surface area (Å²) >= 11 is 1.76. The summed E-state index contributed by atoms with van der Waals surface area (Å²) in [6.07, 6.45) is 4.34. The summed E-state index contributed by atoms with van der Waals surface area (Å²) in [5.41, 5.74) is -0.339. The zero-order valence-electron chi connectivity index (χ0n) is 12.3. The van der Waals surface area contributed by atoms with Crippen molar-refractivity contribution in [1.82, 2.24) is 9.97 Å². The number of fused-ring (bicyclic) bond motifs is 1. The van der Waals surface area contributed by atoms with E-state index >= 15 is 0 Å². The van der Waals surface area contributed by atoms with Crippen LogP contribution in [0.4, 0.5) is 5.82 Å². The van der Waals surface area contributed by atoms with Gasteiger partial charge in [-0.05, 0) is 38.7 Å². The van der Waals surface area contributed by atoms with Crippen LogP contribution in [0.15, 0.2) is 6.07 Å². The minimum Gasteiger partial charge on any atom is -0.372 e. The van der Waals surface area contributed by atoms with E-state index in [0.29, 0.717) is 0 Å². The van der Waals surface area contributed by atoms with Gasteiger partial charge in [-0.1, -0.05) is 6.92 Å². The van der Waals surface area contributed by atoms with E-state index in [1.807, 2.05) is 7.05 Å². The molecule has 1 N–H and O–H groups in total. The number of ether oxygens (including phenoxy) is 1. The number of hydrogen-bond acceptors (Lipinski definition) is 5. The Balaban J connectivity index is 2.11. The van der Waals surface area contributed by atoms with E-state index in [1.165, 1.54) is 11.3 Å². The molecule has 4 nitrogen and oxygen atoms in total. The Morgan fingerprint density at radius 1 is 1.40 bits per heavy atom. The summed E-state index contributed by atoms with van der Waals surface area (Å²) in [7, 11) is 1.92. The molecule has 1 aliphatic rings. The van der Waals surface area contributed by atoms with E-state index in [0.717, 1.165) is 47.7 Å². The molecule has 1 saturated heterocycles. The molecule has 2 aromatic heterocycles. The predicted octanol–water partition coefficient (Wildman–Crippen LogP) is 3.71. The van der Waals surface area contributed by atoms with Gasteiger partial charge >= 0.3 is 0 Å².